The quantitative estimate of drug-likeness (QED) is 0.610. The molecule has 0 atom stereocenters. The largest absolute Gasteiger partial charge is 0.481 e. The van der Waals surface area contributed by atoms with Gasteiger partial charge in [-0.2, -0.15) is 0 Å². The first-order valence-corrected chi connectivity index (χ1v) is 8.08. The molecule has 4 aromatic rings. The Labute approximate surface area is 149 Å². The van der Waals surface area contributed by atoms with Crippen LogP contribution in [0.5, 0.6) is 5.88 Å². The molecule has 0 aliphatic carbocycles. The summed E-state index contributed by atoms with van der Waals surface area (Å²) in [5.41, 5.74) is 4.00. The minimum absolute atomic E-state index is 0.279. The number of halogens is 1. The molecular weight excluding hydrogens is 333 g/mol. The Bertz CT molecular complexity index is 1090. The molecule has 0 fully saturated rings. The highest BCUT2D eigenvalue weighted by Gasteiger charge is 2.13. The van der Waals surface area contributed by atoms with Crippen molar-refractivity contribution in [2.75, 3.05) is 7.11 Å². The lowest BCUT2D eigenvalue weighted by Crippen LogP contribution is -1.95. The van der Waals surface area contributed by atoms with Crippen LogP contribution in [-0.2, 0) is 6.61 Å². The first-order valence-electron chi connectivity index (χ1n) is 8.08. The van der Waals surface area contributed by atoms with Crippen molar-refractivity contribution >= 4 is 5.65 Å². The van der Waals surface area contributed by atoms with E-state index in [0.29, 0.717) is 11.4 Å². The molecule has 0 aliphatic heterocycles. The van der Waals surface area contributed by atoms with Crippen LogP contribution in [0.4, 0.5) is 4.39 Å². The van der Waals surface area contributed by atoms with Crippen molar-refractivity contribution in [3.8, 4) is 28.3 Å². The van der Waals surface area contributed by atoms with Crippen molar-refractivity contribution in [3.05, 3.63) is 72.4 Å². The molecule has 0 unspecified atom stereocenters. The van der Waals surface area contributed by atoms with E-state index in [4.69, 9.17) is 4.74 Å². The second-order valence-electron chi connectivity index (χ2n) is 5.79. The number of aliphatic hydroxyl groups is 1. The van der Waals surface area contributed by atoms with E-state index in [1.54, 1.807) is 25.4 Å². The normalized spacial score (nSPS) is 11.0. The van der Waals surface area contributed by atoms with Crippen LogP contribution in [0.2, 0.25) is 0 Å². The number of hydrogen-bond donors (Lipinski definition) is 1. The van der Waals surface area contributed by atoms with Gasteiger partial charge in [-0.15, -0.1) is 0 Å². The summed E-state index contributed by atoms with van der Waals surface area (Å²) in [6, 6.07) is 12.2. The number of aromatic nitrogens is 3. The highest BCUT2D eigenvalue weighted by Crippen LogP contribution is 2.29. The Balaban J connectivity index is 1.84. The molecule has 0 amide bonds. The number of methoxy groups -OCH3 is 1. The number of hydrogen-bond acceptors (Lipinski definition) is 4. The molecular formula is C20H16FN3O2. The topological polar surface area (TPSA) is 59.7 Å². The van der Waals surface area contributed by atoms with Crippen molar-refractivity contribution in [1.82, 2.24) is 14.4 Å². The van der Waals surface area contributed by atoms with Gasteiger partial charge in [-0.1, -0.05) is 12.1 Å². The number of pyridine rings is 2. The lowest BCUT2D eigenvalue weighted by molar-refractivity contribution is 0.276. The van der Waals surface area contributed by atoms with Gasteiger partial charge in [0.1, 0.15) is 11.5 Å². The molecule has 5 nitrogen and oxygen atoms in total. The van der Waals surface area contributed by atoms with Crippen molar-refractivity contribution < 1.29 is 14.2 Å². The molecule has 0 spiro atoms. The van der Waals surface area contributed by atoms with Gasteiger partial charge in [0, 0.05) is 24.2 Å². The maximum Gasteiger partial charge on any atom is 0.222 e. The number of fused-ring (bicyclic) bond motifs is 1. The van der Waals surface area contributed by atoms with Crippen LogP contribution >= 0.6 is 0 Å². The summed E-state index contributed by atoms with van der Waals surface area (Å²) in [4.78, 5) is 8.81. The van der Waals surface area contributed by atoms with Crippen LogP contribution in [0, 0.1) is 5.82 Å². The van der Waals surface area contributed by atoms with Gasteiger partial charge < -0.3 is 14.2 Å². The van der Waals surface area contributed by atoms with Crippen LogP contribution in [0.15, 0.2) is 61.1 Å². The average Bonchev–Trinajstić information content (AvgIpc) is 3.10. The second kappa shape index (κ2) is 6.57. The summed E-state index contributed by atoms with van der Waals surface area (Å²) in [5.74, 6) is 0.0836. The zero-order valence-corrected chi connectivity index (χ0v) is 14.1. The minimum Gasteiger partial charge on any atom is -0.481 e. The van der Waals surface area contributed by atoms with Crippen molar-refractivity contribution in [1.29, 1.82) is 0 Å². The van der Waals surface area contributed by atoms with Gasteiger partial charge in [-0.25, -0.2) is 14.4 Å². The second-order valence-corrected chi connectivity index (χ2v) is 5.79. The fraction of sp³-hybridized carbons (Fsp3) is 0.100. The summed E-state index contributed by atoms with van der Waals surface area (Å²) in [6.07, 6.45) is 5.40. The van der Waals surface area contributed by atoms with Crippen molar-refractivity contribution in [2.45, 2.75) is 6.61 Å². The maximum atomic E-state index is 14.0. The lowest BCUT2D eigenvalue weighted by atomic mass is 10.0. The summed E-state index contributed by atoms with van der Waals surface area (Å²) in [7, 11) is 1.57. The zero-order valence-electron chi connectivity index (χ0n) is 14.1. The molecule has 26 heavy (non-hydrogen) atoms. The predicted molar refractivity (Wildman–Crippen MR) is 96.3 cm³/mol. The molecule has 1 aromatic carbocycles. The molecule has 4 rings (SSSR count). The van der Waals surface area contributed by atoms with Gasteiger partial charge in [0.15, 0.2) is 0 Å². The van der Waals surface area contributed by atoms with E-state index in [0.717, 1.165) is 22.5 Å². The van der Waals surface area contributed by atoms with Gasteiger partial charge >= 0.3 is 0 Å². The molecule has 1 N–H and O–H groups in total. The van der Waals surface area contributed by atoms with Crippen LogP contribution in [-0.4, -0.2) is 26.6 Å². The van der Waals surface area contributed by atoms with Gasteiger partial charge in [0.25, 0.3) is 0 Å². The molecule has 0 saturated carbocycles. The van der Waals surface area contributed by atoms with E-state index in [9.17, 15) is 9.50 Å². The summed E-state index contributed by atoms with van der Waals surface area (Å²) in [6.45, 7) is -0.359. The third-order valence-electron chi connectivity index (χ3n) is 4.28. The number of benzene rings is 1. The van der Waals surface area contributed by atoms with Gasteiger partial charge in [0.05, 0.1) is 25.0 Å². The molecule has 0 bridgehead atoms. The molecule has 6 heteroatoms. The average molecular weight is 349 g/mol. The van der Waals surface area contributed by atoms with Crippen LogP contribution < -0.4 is 4.74 Å². The standard InChI is InChI=1S/C20H16FN3O2/c1-26-20-15(5-3-9-22-20)18-11-24-10-13(7-8-19(24)23-18)14-4-2-6-17(21)16(14)12-25/h2-11,25H,12H2,1H3. The van der Waals surface area contributed by atoms with Crippen LogP contribution in [0.1, 0.15) is 5.56 Å². The first-order chi connectivity index (χ1) is 12.7. The van der Waals surface area contributed by atoms with E-state index in [1.807, 2.05) is 41.1 Å². The van der Waals surface area contributed by atoms with Gasteiger partial charge in [0.2, 0.25) is 5.88 Å². The Morgan fingerprint density at radius 3 is 2.73 bits per heavy atom. The molecule has 130 valence electrons. The molecule has 0 aliphatic rings. The smallest absolute Gasteiger partial charge is 0.222 e. The zero-order chi connectivity index (χ0) is 18.1. The summed E-state index contributed by atoms with van der Waals surface area (Å²) < 4.78 is 21.1. The Morgan fingerprint density at radius 2 is 1.92 bits per heavy atom. The highest BCUT2D eigenvalue weighted by atomic mass is 19.1. The fourth-order valence-electron chi connectivity index (χ4n) is 3.02. The Kier molecular flexibility index (Phi) is 4.10. The Hall–Kier alpha value is -3.25. The monoisotopic (exact) mass is 349 g/mol. The summed E-state index contributed by atoms with van der Waals surface area (Å²) >= 11 is 0. The van der Waals surface area contributed by atoms with Crippen LogP contribution in [0.3, 0.4) is 0 Å². The third-order valence-corrected chi connectivity index (χ3v) is 4.28. The van der Waals surface area contributed by atoms with Crippen molar-refractivity contribution in [3.63, 3.8) is 0 Å². The highest BCUT2D eigenvalue weighted by molar-refractivity contribution is 5.71. The maximum absolute atomic E-state index is 14.0. The molecule has 3 aromatic heterocycles. The van der Waals surface area contributed by atoms with Crippen molar-refractivity contribution in [2.24, 2.45) is 0 Å². The van der Waals surface area contributed by atoms with Gasteiger partial charge in [-0.3, -0.25) is 0 Å². The Morgan fingerprint density at radius 1 is 1.08 bits per heavy atom. The fourth-order valence-corrected chi connectivity index (χ4v) is 3.02. The molecule has 3 heterocycles. The predicted octanol–water partition coefficient (Wildman–Crippen LogP) is 3.70. The van der Waals surface area contributed by atoms with E-state index < -0.39 is 5.82 Å². The lowest BCUT2D eigenvalue weighted by Gasteiger charge is -2.09. The SMILES string of the molecule is COc1ncccc1-c1cn2cc(-c3cccc(F)c3CO)ccc2n1. The first kappa shape index (κ1) is 16.2. The van der Waals surface area contributed by atoms with Gasteiger partial charge in [-0.05, 0) is 41.5 Å². The van der Waals surface area contributed by atoms with E-state index >= 15 is 0 Å². The van der Waals surface area contributed by atoms with E-state index in [2.05, 4.69) is 9.97 Å². The van der Waals surface area contributed by atoms with Crippen LogP contribution in [0.25, 0.3) is 28.0 Å². The number of imidazole rings is 1. The third kappa shape index (κ3) is 2.70. The van der Waals surface area contributed by atoms with E-state index in [-0.39, 0.29) is 12.2 Å². The van der Waals surface area contributed by atoms with E-state index in [1.165, 1.54) is 6.07 Å². The number of rotatable bonds is 4. The number of aliphatic hydroxyl groups excluding tert-OH is 1. The summed E-state index contributed by atoms with van der Waals surface area (Å²) in [5, 5.41) is 9.50. The molecule has 0 radical (unpaired) electrons. The number of nitrogens with zero attached hydrogens (tertiary/aromatic N) is 3. The molecule has 0 saturated heterocycles. The minimum atomic E-state index is -0.420. The number of ether oxygens (including phenoxy) is 1.